The largest absolute Gasteiger partial charge is 0.391 e. The van der Waals surface area contributed by atoms with Crippen LogP contribution in [-0.4, -0.2) is 41.1 Å². The Morgan fingerprint density at radius 1 is 1.33 bits per heavy atom. The quantitative estimate of drug-likeness (QED) is 0.647. The molecule has 4 nitrogen and oxygen atoms in total. The van der Waals surface area contributed by atoms with Gasteiger partial charge in [-0.2, -0.15) is 0 Å². The molecule has 3 unspecified atom stereocenters. The van der Waals surface area contributed by atoms with Crippen LogP contribution in [-0.2, 0) is 4.79 Å². The topological polar surface area (TPSA) is 66.6 Å². The molecule has 0 aromatic rings. The highest BCUT2D eigenvalue weighted by atomic mass is 16.3. The number of β-amino-alcohol motifs (C(OH)–C–C–N with tert-alkyl or cyclic N) is 1. The lowest BCUT2D eigenvalue weighted by Gasteiger charge is -2.29. The molecule has 0 radical (unpaired) electrons. The third kappa shape index (κ3) is 2.49. The first-order valence-electron chi connectivity index (χ1n) is 5.89. The van der Waals surface area contributed by atoms with Crippen LogP contribution in [0.25, 0.3) is 0 Å². The van der Waals surface area contributed by atoms with Crippen molar-refractivity contribution in [2.24, 2.45) is 11.7 Å². The monoisotopic (exact) mass is 212 g/mol. The molecule has 0 spiro atoms. The molecule has 1 saturated heterocycles. The Bertz CT molecular complexity index is 245. The van der Waals surface area contributed by atoms with Gasteiger partial charge in [0.25, 0.3) is 0 Å². The molecule has 2 aliphatic rings. The fraction of sp³-hybridized carbons (Fsp3) is 0.909. The Kier molecular flexibility index (Phi) is 3.26. The molecule has 1 amide bonds. The second-order valence-corrected chi connectivity index (χ2v) is 4.85. The number of likely N-dealkylation sites (tertiary alicyclic amines) is 1. The van der Waals surface area contributed by atoms with E-state index in [2.05, 4.69) is 0 Å². The number of amides is 1. The predicted molar refractivity (Wildman–Crippen MR) is 57.1 cm³/mol. The van der Waals surface area contributed by atoms with E-state index in [0.717, 1.165) is 32.1 Å². The first kappa shape index (κ1) is 10.9. The Balaban J connectivity index is 1.89. The van der Waals surface area contributed by atoms with Gasteiger partial charge in [0.2, 0.25) is 5.91 Å². The predicted octanol–water partition coefficient (Wildman–Crippen LogP) is 0.0971. The van der Waals surface area contributed by atoms with Gasteiger partial charge in [-0.1, -0.05) is 6.42 Å². The molecule has 1 heterocycles. The Morgan fingerprint density at radius 3 is 2.73 bits per heavy atom. The summed E-state index contributed by atoms with van der Waals surface area (Å²) < 4.78 is 0. The van der Waals surface area contributed by atoms with Gasteiger partial charge in [0.05, 0.1) is 6.10 Å². The Morgan fingerprint density at radius 2 is 2.13 bits per heavy atom. The summed E-state index contributed by atoms with van der Waals surface area (Å²) in [5, 5.41) is 9.38. The molecule has 15 heavy (non-hydrogen) atoms. The molecule has 2 fully saturated rings. The summed E-state index contributed by atoms with van der Waals surface area (Å²) in [6, 6.07) is 0.195. The van der Waals surface area contributed by atoms with Gasteiger partial charge in [0, 0.05) is 25.0 Å². The standard InChI is InChI=1S/C11H20N2O2/c12-9-3-1-2-8(6-9)11(15)13-5-4-10(14)7-13/h8-10,14H,1-7,12H2. The third-order valence-electron chi connectivity index (χ3n) is 3.54. The molecule has 1 saturated carbocycles. The van der Waals surface area contributed by atoms with E-state index in [4.69, 9.17) is 5.73 Å². The molecule has 86 valence electrons. The summed E-state index contributed by atoms with van der Waals surface area (Å²) in [6.07, 6.45) is 4.32. The van der Waals surface area contributed by atoms with E-state index in [9.17, 15) is 9.90 Å². The highest BCUT2D eigenvalue weighted by molar-refractivity contribution is 5.79. The van der Waals surface area contributed by atoms with Crippen LogP contribution in [0.15, 0.2) is 0 Å². The Hall–Kier alpha value is -0.610. The second kappa shape index (κ2) is 4.49. The number of aliphatic hydroxyl groups is 1. The number of nitrogens with two attached hydrogens (primary N) is 1. The average molecular weight is 212 g/mol. The second-order valence-electron chi connectivity index (χ2n) is 4.85. The van der Waals surface area contributed by atoms with Crippen molar-refractivity contribution < 1.29 is 9.90 Å². The van der Waals surface area contributed by atoms with Gasteiger partial charge < -0.3 is 15.7 Å². The number of hydrogen-bond donors (Lipinski definition) is 2. The zero-order valence-electron chi connectivity index (χ0n) is 9.06. The average Bonchev–Trinajstić information content (AvgIpc) is 2.64. The molecule has 3 atom stereocenters. The van der Waals surface area contributed by atoms with Crippen molar-refractivity contribution in [2.45, 2.75) is 44.2 Å². The maximum Gasteiger partial charge on any atom is 0.225 e. The number of hydrogen-bond acceptors (Lipinski definition) is 3. The van der Waals surface area contributed by atoms with Gasteiger partial charge in [0.15, 0.2) is 0 Å². The zero-order valence-corrected chi connectivity index (χ0v) is 9.06. The van der Waals surface area contributed by atoms with Crippen LogP contribution < -0.4 is 5.73 Å². The Labute approximate surface area is 90.4 Å². The summed E-state index contributed by atoms with van der Waals surface area (Å²) >= 11 is 0. The summed E-state index contributed by atoms with van der Waals surface area (Å²) in [5.41, 5.74) is 5.87. The third-order valence-corrected chi connectivity index (χ3v) is 3.54. The molecule has 1 aliphatic carbocycles. The van der Waals surface area contributed by atoms with E-state index in [1.54, 1.807) is 4.90 Å². The molecule has 3 N–H and O–H groups in total. The van der Waals surface area contributed by atoms with Crippen molar-refractivity contribution in [3.05, 3.63) is 0 Å². The van der Waals surface area contributed by atoms with Gasteiger partial charge in [0.1, 0.15) is 0 Å². The fourth-order valence-electron chi connectivity index (χ4n) is 2.65. The van der Waals surface area contributed by atoms with Crippen molar-refractivity contribution in [3.8, 4) is 0 Å². The fourth-order valence-corrected chi connectivity index (χ4v) is 2.65. The summed E-state index contributed by atoms with van der Waals surface area (Å²) in [7, 11) is 0. The molecule has 2 rings (SSSR count). The lowest BCUT2D eigenvalue weighted by atomic mass is 9.85. The lowest BCUT2D eigenvalue weighted by Crippen LogP contribution is -2.39. The minimum absolute atomic E-state index is 0.110. The van der Waals surface area contributed by atoms with Gasteiger partial charge in [-0.25, -0.2) is 0 Å². The maximum absolute atomic E-state index is 12.1. The van der Waals surface area contributed by atoms with Gasteiger partial charge in [-0.3, -0.25) is 4.79 Å². The normalized spacial score (nSPS) is 36.9. The van der Waals surface area contributed by atoms with Crippen molar-refractivity contribution >= 4 is 5.91 Å². The van der Waals surface area contributed by atoms with Crippen LogP contribution in [0.4, 0.5) is 0 Å². The summed E-state index contributed by atoms with van der Waals surface area (Å²) in [4.78, 5) is 13.8. The molecule has 0 bridgehead atoms. The van der Waals surface area contributed by atoms with E-state index >= 15 is 0 Å². The smallest absolute Gasteiger partial charge is 0.225 e. The van der Waals surface area contributed by atoms with Crippen LogP contribution in [0, 0.1) is 5.92 Å². The van der Waals surface area contributed by atoms with Crippen molar-refractivity contribution in [3.63, 3.8) is 0 Å². The van der Waals surface area contributed by atoms with Gasteiger partial charge >= 0.3 is 0 Å². The van der Waals surface area contributed by atoms with Crippen LogP contribution in [0.3, 0.4) is 0 Å². The first-order chi connectivity index (χ1) is 7.16. The first-order valence-corrected chi connectivity index (χ1v) is 5.89. The van der Waals surface area contributed by atoms with E-state index in [1.165, 1.54) is 0 Å². The summed E-state index contributed by atoms with van der Waals surface area (Å²) in [6.45, 7) is 1.23. The highest BCUT2D eigenvalue weighted by Gasteiger charge is 2.32. The van der Waals surface area contributed by atoms with E-state index in [0.29, 0.717) is 13.1 Å². The molecule has 4 heteroatoms. The van der Waals surface area contributed by atoms with E-state index in [-0.39, 0.29) is 24.0 Å². The molecule has 0 aromatic heterocycles. The number of aliphatic hydroxyl groups excluding tert-OH is 1. The van der Waals surface area contributed by atoms with Crippen LogP contribution in [0.2, 0.25) is 0 Å². The zero-order chi connectivity index (χ0) is 10.8. The number of nitrogens with zero attached hydrogens (tertiary/aromatic N) is 1. The van der Waals surface area contributed by atoms with Crippen LogP contribution in [0.1, 0.15) is 32.1 Å². The van der Waals surface area contributed by atoms with Crippen molar-refractivity contribution in [1.82, 2.24) is 4.90 Å². The van der Waals surface area contributed by atoms with Crippen molar-refractivity contribution in [2.75, 3.05) is 13.1 Å². The van der Waals surface area contributed by atoms with Crippen LogP contribution >= 0.6 is 0 Å². The van der Waals surface area contributed by atoms with E-state index < -0.39 is 0 Å². The molecular weight excluding hydrogens is 192 g/mol. The van der Waals surface area contributed by atoms with E-state index in [1.807, 2.05) is 0 Å². The number of carbonyl (C=O) groups excluding carboxylic acids is 1. The number of carbonyl (C=O) groups is 1. The summed E-state index contributed by atoms with van der Waals surface area (Å²) in [5.74, 6) is 0.320. The minimum Gasteiger partial charge on any atom is -0.391 e. The SMILES string of the molecule is NC1CCCC(C(=O)N2CCC(O)C2)C1. The molecular formula is C11H20N2O2. The highest BCUT2D eigenvalue weighted by Crippen LogP contribution is 2.26. The maximum atomic E-state index is 12.1. The minimum atomic E-state index is -0.314. The number of rotatable bonds is 1. The molecule has 0 aromatic carbocycles. The molecule has 1 aliphatic heterocycles. The van der Waals surface area contributed by atoms with Gasteiger partial charge in [-0.05, 0) is 25.7 Å². The van der Waals surface area contributed by atoms with Crippen LogP contribution in [0.5, 0.6) is 0 Å². The lowest BCUT2D eigenvalue weighted by molar-refractivity contribution is -0.136. The van der Waals surface area contributed by atoms with Gasteiger partial charge in [-0.15, -0.1) is 0 Å². The van der Waals surface area contributed by atoms with Crippen molar-refractivity contribution in [1.29, 1.82) is 0 Å².